The molecule has 0 fully saturated rings. The normalized spacial score (nSPS) is 11.5. The van der Waals surface area contributed by atoms with Crippen molar-refractivity contribution in [1.29, 1.82) is 0 Å². The molecule has 0 saturated heterocycles. The molecule has 3 heteroatoms. The predicted molar refractivity (Wildman–Crippen MR) is 191 cm³/mol. The van der Waals surface area contributed by atoms with Gasteiger partial charge in [-0.2, -0.15) is 0 Å². The Kier molecular flexibility index (Phi) is 6.14. The molecule has 0 atom stereocenters. The van der Waals surface area contributed by atoms with Crippen molar-refractivity contribution < 1.29 is 0 Å². The second-order valence-electron chi connectivity index (χ2n) is 11.7. The highest BCUT2D eigenvalue weighted by atomic mass is 14.6. The summed E-state index contributed by atoms with van der Waals surface area (Å²) >= 11 is 0. The van der Waals surface area contributed by atoms with Crippen molar-refractivity contribution in [2.75, 3.05) is 0 Å². The predicted octanol–water partition coefficient (Wildman–Crippen LogP) is 11.1. The zero-order chi connectivity index (χ0) is 30.5. The zero-order valence-corrected chi connectivity index (χ0v) is 24.9. The van der Waals surface area contributed by atoms with Crippen molar-refractivity contribution in [3.8, 4) is 55.6 Å². The largest absolute Gasteiger partial charge is 0.265 e. The Morgan fingerprint density at radius 2 is 0.804 bits per heavy atom. The van der Waals surface area contributed by atoms with Crippen molar-refractivity contribution in [3.05, 3.63) is 165 Å². The third-order valence-corrected chi connectivity index (χ3v) is 9.09. The summed E-state index contributed by atoms with van der Waals surface area (Å²) in [6.45, 7) is 0. The maximum absolute atomic E-state index is 4.40. The molecule has 0 aliphatic heterocycles. The van der Waals surface area contributed by atoms with Crippen molar-refractivity contribution in [3.63, 3.8) is 0 Å². The van der Waals surface area contributed by atoms with Crippen LogP contribution in [0.15, 0.2) is 165 Å². The number of rotatable bonds is 5. The minimum atomic E-state index is 1.09. The van der Waals surface area contributed by atoms with Gasteiger partial charge >= 0.3 is 0 Å². The SMILES string of the molecule is c1cncc(-c2cc(-c3ccncc3)cc(-c3cccc(-c4ccc5ccc6c(-c7cccnc7)ccc7ccc4c5c76)c3)c2)c1. The van der Waals surface area contributed by atoms with E-state index in [0.717, 1.165) is 33.4 Å². The highest BCUT2D eigenvalue weighted by molar-refractivity contribution is 6.27. The van der Waals surface area contributed by atoms with Gasteiger partial charge in [0.1, 0.15) is 0 Å². The van der Waals surface area contributed by atoms with Gasteiger partial charge < -0.3 is 0 Å². The van der Waals surface area contributed by atoms with Crippen LogP contribution < -0.4 is 0 Å². The van der Waals surface area contributed by atoms with Gasteiger partial charge in [-0.05, 0) is 125 Å². The van der Waals surface area contributed by atoms with Gasteiger partial charge in [-0.15, -0.1) is 0 Å². The number of hydrogen-bond acceptors (Lipinski definition) is 3. The summed E-state index contributed by atoms with van der Waals surface area (Å²) < 4.78 is 0. The van der Waals surface area contributed by atoms with Crippen LogP contribution in [-0.2, 0) is 0 Å². The average Bonchev–Trinajstić information content (AvgIpc) is 3.14. The van der Waals surface area contributed by atoms with Gasteiger partial charge in [-0.25, -0.2) is 0 Å². The molecule has 0 radical (unpaired) electrons. The highest BCUT2D eigenvalue weighted by Gasteiger charge is 2.16. The zero-order valence-electron chi connectivity index (χ0n) is 24.9. The van der Waals surface area contributed by atoms with E-state index in [9.17, 15) is 0 Å². The molecular formula is C43H27N3. The molecule has 3 aromatic heterocycles. The van der Waals surface area contributed by atoms with Crippen LogP contribution in [0.1, 0.15) is 0 Å². The summed E-state index contributed by atoms with van der Waals surface area (Å²) in [6, 6.07) is 46.2. The molecule has 0 unspecified atom stereocenters. The van der Waals surface area contributed by atoms with E-state index < -0.39 is 0 Å². The van der Waals surface area contributed by atoms with Crippen LogP contribution in [0.4, 0.5) is 0 Å². The first kappa shape index (κ1) is 26.2. The van der Waals surface area contributed by atoms with E-state index in [-0.39, 0.29) is 0 Å². The fourth-order valence-corrected chi connectivity index (χ4v) is 6.90. The van der Waals surface area contributed by atoms with Crippen LogP contribution in [0.25, 0.3) is 88.0 Å². The maximum atomic E-state index is 4.40. The second kappa shape index (κ2) is 10.8. The standard InChI is InChI=1S/C43H27N3/c1-4-31(36-23-35(28-16-20-44-21-17-28)24-37(25-36)33-6-2-18-45-26-33)22-32(5-1)38-12-8-29-11-15-41-39(34-7-3-19-46-27-34)13-9-30-10-14-40(38)42(29)43(30)41/h1-27H. The lowest BCUT2D eigenvalue weighted by Crippen LogP contribution is -1.90. The lowest BCUT2D eigenvalue weighted by molar-refractivity contribution is 1.32. The van der Waals surface area contributed by atoms with Gasteiger partial charge in [0.2, 0.25) is 0 Å². The molecule has 0 spiro atoms. The summed E-state index contributed by atoms with van der Waals surface area (Å²) in [7, 11) is 0. The number of hydrogen-bond donors (Lipinski definition) is 0. The van der Waals surface area contributed by atoms with E-state index in [4.69, 9.17) is 0 Å². The first-order valence-electron chi connectivity index (χ1n) is 15.5. The first-order valence-corrected chi connectivity index (χ1v) is 15.5. The van der Waals surface area contributed by atoms with E-state index in [1.54, 1.807) is 0 Å². The molecule has 0 bridgehead atoms. The van der Waals surface area contributed by atoms with Crippen molar-refractivity contribution in [2.45, 2.75) is 0 Å². The van der Waals surface area contributed by atoms with Crippen molar-refractivity contribution in [2.24, 2.45) is 0 Å². The Balaban J connectivity index is 1.22. The minimum absolute atomic E-state index is 1.09. The van der Waals surface area contributed by atoms with Gasteiger partial charge in [0.25, 0.3) is 0 Å². The van der Waals surface area contributed by atoms with Crippen LogP contribution in [0.2, 0.25) is 0 Å². The fraction of sp³-hybridized carbons (Fsp3) is 0. The maximum Gasteiger partial charge on any atom is 0.0346 e. The van der Waals surface area contributed by atoms with Gasteiger partial charge in [-0.3, -0.25) is 15.0 Å². The van der Waals surface area contributed by atoms with Gasteiger partial charge in [0.15, 0.2) is 0 Å². The summed E-state index contributed by atoms with van der Waals surface area (Å²) in [5.74, 6) is 0. The second-order valence-corrected chi connectivity index (χ2v) is 11.7. The molecule has 3 heterocycles. The third-order valence-electron chi connectivity index (χ3n) is 9.09. The number of benzene rings is 6. The Hall–Kier alpha value is -6.19. The third kappa shape index (κ3) is 4.41. The monoisotopic (exact) mass is 585 g/mol. The Bertz CT molecular complexity index is 2450. The molecule has 9 aromatic rings. The molecule has 9 rings (SSSR count). The van der Waals surface area contributed by atoms with Crippen molar-refractivity contribution in [1.82, 2.24) is 15.0 Å². The molecule has 46 heavy (non-hydrogen) atoms. The quantitative estimate of drug-likeness (QED) is 0.189. The molecular weight excluding hydrogens is 558 g/mol. The number of pyridine rings is 3. The summed E-state index contributed by atoms with van der Waals surface area (Å²) in [5, 5.41) is 7.63. The molecule has 0 aliphatic rings. The van der Waals surface area contributed by atoms with Crippen LogP contribution >= 0.6 is 0 Å². The number of aromatic nitrogens is 3. The fourth-order valence-electron chi connectivity index (χ4n) is 6.90. The van der Waals surface area contributed by atoms with Gasteiger partial charge in [0.05, 0.1) is 0 Å². The van der Waals surface area contributed by atoms with Gasteiger partial charge in [0, 0.05) is 48.3 Å². The van der Waals surface area contributed by atoms with Crippen molar-refractivity contribution >= 4 is 32.3 Å². The topological polar surface area (TPSA) is 38.7 Å². The lowest BCUT2D eigenvalue weighted by Gasteiger charge is -2.17. The molecule has 6 aromatic carbocycles. The average molecular weight is 586 g/mol. The van der Waals surface area contributed by atoms with Crippen LogP contribution in [0, 0.1) is 0 Å². The van der Waals surface area contributed by atoms with Crippen LogP contribution in [-0.4, -0.2) is 15.0 Å². The van der Waals surface area contributed by atoms with Crippen LogP contribution in [0.5, 0.6) is 0 Å². The molecule has 3 nitrogen and oxygen atoms in total. The summed E-state index contributed by atoms with van der Waals surface area (Å²) in [5.41, 5.74) is 11.6. The molecule has 0 N–H and O–H groups in total. The van der Waals surface area contributed by atoms with Gasteiger partial charge in [-0.1, -0.05) is 78.9 Å². The van der Waals surface area contributed by atoms with E-state index >= 15 is 0 Å². The summed E-state index contributed by atoms with van der Waals surface area (Å²) in [6.07, 6.45) is 11.2. The molecule has 214 valence electrons. The Morgan fingerprint density at radius 3 is 1.43 bits per heavy atom. The minimum Gasteiger partial charge on any atom is -0.265 e. The van der Waals surface area contributed by atoms with E-state index in [2.05, 4.69) is 130 Å². The van der Waals surface area contributed by atoms with E-state index in [0.29, 0.717) is 0 Å². The lowest BCUT2D eigenvalue weighted by atomic mass is 9.87. The smallest absolute Gasteiger partial charge is 0.0346 e. The summed E-state index contributed by atoms with van der Waals surface area (Å²) in [4.78, 5) is 13.0. The Morgan fingerprint density at radius 1 is 0.304 bits per heavy atom. The van der Waals surface area contributed by atoms with E-state index in [1.165, 1.54) is 54.6 Å². The number of nitrogens with zero attached hydrogens (tertiary/aromatic N) is 3. The first-order chi connectivity index (χ1) is 22.8. The molecule has 0 saturated carbocycles. The molecule has 0 amide bonds. The molecule has 0 aliphatic carbocycles. The van der Waals surface area contributed by atoms with E-state index in [1.807, 2.05) is 49.3 Å². The highest BCUT2D eigenvalue weighted by Crippen LogP contribution is 2.43. The van der Waals surface area contributed by atoms with Crippen LogP contribution in [0.3, 0.4) is 0 Å². The Labute approximate surface area is 266 Å².